The maximum Gasteiger partial charge on any atom is 0.263 e. The van der Waals surface area contributed by atoms with E-state index in [1.165, 1.54) is 4.88 Å². The van der Waals surface area contributed by atoms with Crippen molar-refractivity contribution in [1.82, 2.24) is 25.0 Å². The number of nitrogens with one attached hydrogen (secondary N) is 1. The Balaban J connectivity index is 1.74. The lowest BCUT2D eigenvalue weighted by Gasteiger charge is -2.13. The molecule has 0 fully saturated rings. The Morgan fingerprint density at radius 1 is 1.40 bits per heavy atom. The number of aromatic nitrogens is 4. The third-order valence-corrected chi connectivity index (χ3v) is 5.65. The van der Waals surface area contributed by atoms with Gasteiger partial charge in [0.2, 0.25) is 5.89 Å². The molecule has 1 aliphatic rings. The smallest absolute Gasteiger partial charge is 0.263 e. The van der Waals surface area contributed by atoms with E-state index in [1.807, 2.05) is 6.92 Å². The fraction of sp³-hybridized carbons (Fsp3) is 0.529. The van der Waals surface area contributed by atoms with E-state index >= 15 is 0 Å². The molecule has 0 amide bonds. The largest absolute Gasteiger partial charge is 0.337 e. The summed E-state index contributed by atoms with van der Waals surface area (Å²) in [7, 11) is 0. The summed E-state index contributed by atoms with van der Waals surface area (Å²) in [5.74, 6) is 1.58. The third-order valence-electron chi connectivity index (χ3n) is 4.51. The molecule has 1 atom stereocenters. The molecule has 0 radical (unpaired) electrons. The first-order chi connectivity index (χ1) is 12.0. The van der Waals surface area contributed by atoms with Crippen molar-refractivity contribution in [3.05, 3.63) is 38.8 Å². The Kier molecular flexibility index (Phi) is 4.16. The van der Waals surface area contributed by atoms with Crippen molar-refractivity contribution >= 4 is 21.6 Å². The van der Waals surface area contributed by atoms with Crippen LogP contribution in [0.25, 0.3) is 10.2 Å². The van der Waals surface area contributed by atoms with Crippen LogP contribution in [-0.4, -0.2) is 26.2 Å². The summed E-state index contributed by atoms with van der Waals surface area (Å²) in [6.07, 6.45) is 3.22. The zero-order valence-electron chi connectivity index (χ0n) is 14.6. The molecule has 0 aliphatic carbocycles. The minimum Gasteiger partial charge on any atom is -0.337 e. The van der Waals surface area contributed by atoms with Gasteiger partial charge in [0.05, 0.1) is 11.7 Å². The van der Waals surface area contributed by atoms with Crippen molar-refractivity contribution in [1.29, 1.82) is 0 Å². The topological polar surface area (TPSA) is 85.8 Å². The molecule has 0 saturated carbocycles. The van der Waals surface area contributed by atoms with Gasteiger partial charge in [-0.1, -0.05) is 19.0 Å². The number of nitrogens with zero attached hydrogens (tertiary/aromatic N) is 4. The van der Waals surface area contributed by atoms with Gasteiger partial charge >= 0.3 is 0 Å². The van der Waals surface area contributed by atoms with E-state index in [0.717, 1.165) is 41.7 Å². The van der Waals surface area contributed by atoms with Gasteiger partial charge in [0.15, 0.2) is 5.82 Å². The SMILES string of the molecule is CC(C)Cc1noc(C(C)n2cnc3sc4c(c3c2=O)CCNC4)n1. The number of hydrogen-bond donors (Lipinski definition) is 1. The van der Waals surface area contributed by atoms with Crippen LogP contribution >= 0.6 is 11.3 Å². The van der Waals surface area contributed by atoms with Crippen molar-refractivity contribution in [2.24, 2.45) is 5.92 Å². The van der Waals surface area contributed by atoms with Crippen LogP contribution < -0.4 is 10.9 Å². The molecular formula is C17H21N5O2S. The molecule has 0 bridgehead atoms. The second-order valence-electron chi connectivity index (χ2n) is 6.89. The Hall–Kier alpha value is -2.06. The average molecular weight is 359 g/mol. The van der Waals surface area contributed by atoms with E-state index in [-0.39, 0.29) is 11.6 Å². The van der Waals surface area contributed by atoms with E-state index < -0.39 is 0 Å². The molecule has 4 heterocycles. The van der Waals surface area contributed by atoms with Crippen molar-refractivity contribution in [2.45, 2.75) is 46.2 Å². The normalized spacial score (nSPS) is 15.7. The predicted molar refractivity (Wildman–Crippen MR) is 95.9 cm³/mol. The molecule has 1 aliphatic heterocycles. The van der Waals surface area contributed by atoms with Gasteiger partial charge in [-0.25, -0.2) is 4.98 Å². The standard InChI is InChI=1S/C17H21N5O2S/c1-9(2)6-13-20-15(24-21-13)10(3)22-8-19-16-14(17(22)23)11-4-5-18-7-12(11)25-16/h8-10,18H,4-7H2,1-3H3. The quantitative estimate of drug-likeness (QED) is 0.769. The summed E-state index contributed by atoms with van der Waals surface area (Å²) in [5.41, 5.74) is 1.12. The maximum atomic E-state index is 13.1. The van der Waals surface area contributed by atoms with Crippen LogP contribution in [0.5, 0.6) is 0 Å². The van der Waals surface area contributed by atoms with Crippen LogP contribution in [0.4, 0.5) is 0 Å². The van der Waals surface area contributed by atoms with E-state index in [0.29, 0.717) is 17.6 Å². The summed E-state index contributed by atoms with van der Waals surface area (Å²) in [6.45, 7) is 7.81. The van der Waals surface area contributed by atoms with Crippen LogP contribution in [0, 0.1) is 5.92 Å². The second-order valence-corrected chi connectivity index (χ2v) is 7.97. The van der Waals surface area contributed by atoms with Crippen molar-refractivity contribution in [3.8, 4) is 0 Å². The minimum atomic E-state index is -0.338. The van der Waals surface area contributed by atoms with Crippen LogP contribution in [0.2, 0.25) is 0 Å². The van der Waals surface area contributed by atoms with Crippen molar-refractivity contribution < 1.29 is 4.52 Å². The highest BCUT2D eigenvalue weighted by Gasteiger charge is 2.23. The Bertz CT molecular complexity index is 971. The fourth-order valence-corrected chi connectivity index (χ4v) is 4.36. The summed E-state index contributed by atoms with van der Waals surface area (Å²) < 4.78 is 6.99. The molecule has 8 heteroatoms. The lowest BCUT2D eigenvalue weighted by molar-refractivity contribution is 0.338. The van der Waals surface area contributed by atoms with E-state index in [9.17, 15) is 4.79 Å². The minimum absolute atomic E-state index is 0.0273. The van der Waals surface area contributed by atoms with Crippen LogP contribution in [0.3, 0.4) is 0 Å². The molecule has 0 spiro atoms. The number of thiophene rings is 1. The Morgan fingerprint density at radius 3 is 3.04 bits per heavy atom. The van der Waals surface area contributed by atoms with Gasteiger partial charge in [-0.3, -0.25) is 9.36 Å². The van der Waals surface area contributed by atoms with E-state index in [1.54, 1.807) is 22.2 Å². The van der Waals surface area contributed by atoms with Crippen molar-refractivity contribution in [3.63, 3.8) is 0 Å². The Morgan fingerprint density at radius 2 is 2.24 bits per heavy atom. The molecule has 4 rings (SSSR count). The molecule has 25 heavy (non-hydrogen) atoms. The van der Waals surface area contributed by atoms with Gasteiger partial charge in [0.25, 0.3) is 5.56 Å². The highest BCUT2D eigenvalue weighted by molar-refractivity contribution is 7.18. The van der Waals surface area contributed by atoms with Crippen LogP contribution in [0.1, 0.15) is 49.0 Å². The summed E-state index contributed by atoms with van der Waals surface area (Å²) in [4.78, 5) is 24.1. The molecule has 1 N–H and O–H groups in total. The van der Waals surface area contributed by atoms with Gasteiger partial charge in [-0.05, 0) is 31.4 Å². The molecule has 3 aromatic heterocycles. The van der Waals surface area contributed by atoms with Crippen LogP contribution in [0.15, 0.2) is 15.6 Å². The Labute approximate surface area is 149 Å². The van der Waals surface area contributed by atoms with E-state index in [2.05, 4.69) is 34.3 Å². The maximum absolute atomic E-state index is 13.1. The molecule has 3 aromatic rings. The highest BCUT2D eigenvalue weighted by atomic mass is 32.1. The highest BCUT2D eigenvalue weighted by Crippen LogP contribution is 2.30. The fourth-order valence-electron chi connectivity index (χ4n) is 3.21. The number of rotatable bonds is 4. The first-order valence-corrected chi connectivity index (χ1v) is 9.40. The number of fused-ring (bicyclic) bond motifs is 3. The molecule has 132 valence electrons. The predicted octanol–water partition coefficient (Wildman–Crippen LogP) is 2.29. The molecule has 0 saturated heterocycles. The monoisotopic (exact) mass is 359 g/mol. The van der Waals surface area contributed by atoms with Gasteiger partial charge in [-0.15, -0.1) is 11.3 Å². The molecule has 0 aromatic carbocycles. The van der Waals surface area contributed by atoms with Gasteiger partial charge in [0, 0.05) is 17.8 Å². The molecule has 1 unspecified atom stereocenters. The molecular weight excluding hydrogens is 338 g/mol. The summed E-state index contributed by atoms with van der Waals surface area (Å²) in [6, 6.07) is -0.338. The van der Waals surface area contributed by atoms with E-state index in [4.69, 9.17) is 4.52 Å². The van der Waals surface area contributed by atoms with Crippen molar-refractivity contribution in [2.75, 3.05) is 6.54 Å². The first-order valence-electron chi connectivity index (χ1n) is 8.59. The second kappa shape index (κ2) is 6.34. The zero-order chi connectivity index (χ0) is 17.6. The summed E-state index contributed by atoms with van der Waals surface area (Å²) in [5, 5.41) is 8.12. The lowest BCUT2D eigenvalue weighted by atomic mass is 10.1. The summed E-state index contributed by atoms with van der Waals surface area (Å²) >= 11 is 1.60. The van der Waals surface area contributed by atoms with Gasteiger partial charge < -0.3 is 9.84 Å². The third kappa shape index (κ3) is 2.89. The first kappa shape index (κ1) is 16.4. The number of hydrogen-bond acceptors (Lipinski definition) is 7. The van der Waals surface area contributed by atoms with Gasteiger partial charge in [-0.2, -0.15) is 4.98 Å². The van der Waals surface area contributed by atoms with Gasteiger partial charge in [0.1, 0.15) is 10.9 Å². The zero-order valence-corrected chi connectivity index (χ0v) is 15.4. The average Bonchev–Trinajstić information content (AvgIpc) is 3.18. The molecule has 7 nitrogen and oxygen atoms in total. The lowest BCUT2D eigenvalue weighted by Crippen LogP contribution is -2.27. The van der Waals surface area contributed by atoms with Crippen LogP contribution in [-0.2, 0) is 19.4 Å².